The molecule has 1 unspecified atom stereocenters. The molecule has 0 saturated heterocycles. The second kappa shape index (κ2) is 10.9. The SMILES string of the molecule is CC(C)(C)OC(=O)NC(CC#Cc1ccc([N+](=O)[O-])cc1F)C(=O)OCc1ccccc1. The molecule has 0 aromatic heterocycles. The van der Waals surface area contributed by atoms with Crippen molar-refractivity contribution >= 4 is 17.7 Å². The molecule has 32 heavy (non-hydrogen) atoms. The van der Waals surface area contributed by atoms with Crippen LogP contribution in [0.2, 0.25) is 0 Å². The van der Waals surface area contributed by atoms with Gasteiger partial charge >= 0.3 is 12.1 Å². The van der Waals surface area contributed by atoms with Gasteiger partial charge in [0.25, 0.3) is 5.69 Å². The third-order valence-corrected chi connectivity index (χ3v) is 3.89. The molecule has 0 aliphatic carbocycles. The number of amides is 1. The fourth-order valence-corrected chi connectivity index (χ4v) is 2.44. The van der Waals surface area contributed by atoms with E-state index in [1.54, 1.807) is 45.0 Å². The summed E-state index contributed by atoms with van der Waals surface area (Å²) in [7, 11) is 0. The van der Waals surface area contributed by atoms with Crippen molar-refractivity contribution in [3.63, 3.8) is 0 Å². The molecule has 2 aromatic carbocycles. The van der Waals surface area contributed by atoms with Gasteiger partial charge in [0.15, 0.2) is 0 Å². The van der Waals surface area contributed by atoms with Crippen molar-refractivity contribution in [3.8, 4) is 11.8 Å². The van der Waals surface area contributed by atoms with Gasteiger partial charge in [-0.15, -0.1) is 0 Å². The van der Waals surface area contributed by atoms with Crippen molar-refractivity contribution in [2.45, 2.75) is 45.4 Å². The van der Waals surface area contributed by atoms with Crippen LogP contribution in [0.5, 0.6) is 0 Å². The van der Waals surface area contributed by atoms with E-state index in [-0.39, 0.29) is 18.6 Å². The highest BCUT2D eigenvalue weighted by molar-refractivity contribution is 5.81. The molecule has 9 heteroatoms. The number of hydrogen-bond donors (Lipinski definition) is 1. The lowest BCUT2D eigenvalue weighted by Gasteiger charge is -2.22. The Morgan fingerprint density at radius 2 is 1.88 bits per heavy atom. The van der Waals surface area contributed by atoms with Gasteiger partial charge in [0.05, 0.1) is 16.6 Å². The van der Waals surface area contributed by atoms with Crippen LogP contribution in [0.3, 0.4) is 0 Å². The minimum atomic E-state index is -1.16. The normalized spacial score (nSPS) is 11.5. The van der Waals surface area contributed by atoms with Gasteiger partial charge in [0.1, 0.15) is 24.1 Å². The summed E-state index contributed by atoms with van der Waals surface area (Å²) in [5, 5.41) is 13.1. The van der Waals surface area contributed by atoms with Gasteiger partial charge < -0.3 is 14.8 Å². The van der Waals surface area contributed by atoms with Crippen LogP contribution >= 0.6 is 0 Å². The highest BCUT2D eigenvalue weighted by atomic mass is 19.1. The number of nitrogens with one attached hydrogen (secondary N) is 1. The number of hydrogen-bond acceptors (Lipinski definition) is 6. The molecule has 1 amide bonds. The molecular formula is C23H23FN2O6. The highest BCUT2D eigenvalue weighted by Gasteiger charge is 2.25. The molecule has 0 bridgehead atoms. The second-order valence-electron chi connectivity index (χ2n) is 7.72. The molecule has 0 saturated carbocycles. The number of halogens is 1. The molecule has 0 aliphatic heterocycles. The minimum Gasteiger partial charge on any atom is -0.459 e. The van der Waals surface area contributed by atoms with Crippen LogP contribution in [0.4, 0.5) is 14.9 Å². The Morgan fingerprint density at radius 3 is 2.47 bits per heavy atom. The van der Waals surface area contributed by atoms with E-state index in [2.05, 4.69) is 17.2 Å². The van der Waals surface area contributed by atoms with Gasteiger partial charge in [0.2, 0.25) is 0 Å². The first kappa shape index (κ1) is 24.3. The van der Waals surface area contributed by atoms with Gasteiger partial charge in [-0.2, -0.15) is 0 Å². The van der Waals surface area contributed by atoms with E-state index < -0.39 is 40.1 Å². The third kappa shape index (κ3) is 8.07. The number of alkyl carbamates (subject to hydrolysis) is 1. The van der Waals surface area contributed by atoms with Crippen LogP contribution in [-0.2, 0) is 20.9 Å². The van der Waals surface area contributed by atoms with E-state index in [0.717, 1.165) is 17.7 Å². The average molecular weight is 442 g/mol. The molecule has 2 rings (SSSR count). The summed E-state index contributed by atoms with van der Waals surface area (Å²) in [5.74, 6) is 3.52. The van der Waals surface area contributed by atoms with Crippen molar-refractivity contribution in [3.05, 3.63) is 75.6 Å². The van der Waals surface area contributed by atoms with Crippen molar-refractivity contribution < 1.29 is 28.4 Å². The van der Waals surface area contributed by atoms with Crippen LogP contribution in [-0.4, -0.2) is 28.6 Å². The molecule has 0 fully saturated rings. The van der Waals surface area contributed by atoms with E-state index in [4.69, 9.17) is 9.47 Å². The molecule has 0 radical (unpaired) electrons. The Hall–Kier alpha value is -3.93. The Kier molecular flexibility index (Phi) is 8.30. The lowest BCUT2D eigenvalue weighted by Crippen LogP contribution is -2.44. The van der Waals surface area contributed by atoms with Gasteiger partial charge in [-0.25, -0.2) is 14.0 Å². The summed E-state index contributed by atoms with van der Waals surface area (Å²) in [6, 6.07) is 10.9. The Balaban J connectivity index is 2.12. The first-order chi connectivity index (χ1) is 15.0. The van der Waals surface area contributed by atoms with Crippen LogP contribution in [0.15, 0.2) is 48.5 Å². The largest absolute Gasteiger partial charge is 0.459 e. The molecular weight excluding hydrogens is 419 g/mol. The number of nitro benzene ring substituents is 1. The number of ether oxygens (including phenoxy) is 2. The molecule has 2 aromatic rings. The van der Waals surface area contributed by atoms with Crippen molar-refractivity contribution in [1.29, 1.82) is 0 Å². The summed E-state index contributed by atoms with van der Waals surface area (Å²) >= 11 is 0. The first-order valence-corrected chi connectivity index (χ1v) is 9.68. The van der Waals surface area contributed by atoms with Crippen LogP contribution in [0, 0.1) is 27.8 Å². The highest BCUT2D eigenvalue weighted by Crippen LogP contribution is 2.16. The zero-order chi connectivity index (χ0) is 23.7. The van der Waals surface area contributed by atoms with Crippen molar-refractivity contribution in [2.24, 2.45) is 0 Å². The monoisotopic (exact) mass is 442 g/mol. The van der Waals surface area contributed by atoms with Gasteiger partial charge in [-0.3, -0.25) is 10.1 Å². The maximum atomic E-state index is 14.0. The van der Waals surface area contributed by atoms with E-state index in [1.807, 2.05) is 6.07 Å². The summed E-state index contributed by atoms with van der Waals surface area (Å²) in [6.45, 7) is 5.02. The third-order valence-electron chi connectivity index (χ3n) is 3.89. The Bertz CT molecular complexity index is 1040. The topological polar surface area (TPSA) is 108 Å². The smallest absolute Gasteiger partial charge is 0.408 e. The molecule has 0 spiro atoms. The maximum Gasteiger partial charge on any atom is 0.408 e. The second-order valence-corrected chi connectivity index (χ2v) is 7.72. The van der Waals surface area contributed by atoms with Crippen molar-refractivity contribution in [2.75, 3.05) is 0 Å². The number of benzene rings is 2. The predicted octanol–water partition coefficient (Wildman–Crippen LogP) is 4.11. The molecule has 0 heterocycles. The van der Waals surface area contributed by atoms with E-state index in [1.165, 1.54) is 6.07 Å². The molecule has 168 valence electrons. The van der Waals surface area contributed by atoms with Gasteiger partial charge in [-0.1, -0.05) is 42.2 Å². The number of carbonyl (C=O) groups is 2. The van der Waals surface area contributed by atoms with Crippen LogP contribution in [0.1, 0.15) is 38.3 Å². The molecule has 0 aliphatic rings. The Labute approximate surface area is 184 Å². The maximum absolute atomic E-state index is 14.0. The van der Waals surface area contributed by atoms with Gasteiger partial charge in [-0.05, 0) is 32.4 Å². The Morgan fingerprint density at radius 1 is 1.19 bits per heavy atom. The number of rotatable bonds is 6. The summed E-state index contributed by atoms with van der Waals surface area (Å²) in [4.78, 5) is 34.6. The van der Waals surface area contributed by atoms with E-state index in [9.17, 15) is 24.1 Å². The van der Waals surface area contributed by atoms with Crippen LogP contribution in [0.25, 0.3) is 0 Å². The summed E-state index contributed by atoms with van der Waals surface area (Å²) < 4.78 is 24.4. The number of nitrogens with zero attached hydrogens (tertiary/aromatic N) is 1. The fraction of sp³-hybridized carbons (Fsp3) is 0.304. The number of nitro groups is 1. The quantitative estimate of drug-likeness (QED) is 0.312. The average Bonchev–Trinajstić information content (AvgIpc) is 2.71. The predicted molar refractivity (Wildman–Crippen MR) is 114 cm³/mol. The zero-order valence-corrected chi connectivity index (χ0v) is 17.9. The number of non-ortho nitro benzene ring substituents is 1. The molecule has 8 nitrogen and oxygen atoms in total. The van der Waals surface area contributed by atoms with Crippen LogP contribution < -0.4 is 5.32 Å². The fourth-order valence-electron chi connectivity index (χ4n) is 2.44. The minimum absolute atomic E-state index is 0.00339. The summed E-state index contributed by atoms with van der Waals surface area (Å²) in [6.07, 6.45) is -1.02. The molecule has 1 atom stereocenters. The van der Waals surface area contributed by atoms with Crippen molar-refractivity contribution in [1.82, 2.24) is 5.32 Å². The number of esters is 1. The molecule has 1 N–H and O–H groups in total. The lowest BCUT2D eigenvalue weighted by atomic mass is 10.1. The van der Waals surface area contributed by atoms with E-state index >= 15 is 0 Å². The first-order valence-electron chi connectivity index (χ1n) is 9.68. The van der Waals surface area contributed by atoms with Gasteiger partial charge in [0, 0.05) is 12.5 Å². The number of carbonyl (C=O) groups excluding carboxylic acids is 2. The lowest BCUT2D eigenvalue weighted by molar-refractivity contribution is -0.385. The summed E-state index contributed by atoms with van der Waals surface area (Å²) in [5.41, 5.74) is -0.502. The van der Waals surface area contributed by atoms with E-state index in [0.29, 0.717) is 0 Å². The zero-order valence-electron chi connectivity index (χ0n) is 17.9. The standard InChI is InChI=1S/C23H23FN2O6/c1-23(2,3)32-22(28)25-20(21(27)31-15-16-8-5-4-6-9-16)11-7-10-17-12-13-18(26(29)30)14-19(17)24/h4-6,8-9,12-14,20H,11,15H2,1-3H3,(H,25,28).